The largest absolute Gasteiger partial charge is 0.542 e. The van der Waals surface area contributed by atoms with Crippen molar-refractivity contribution in [2.24, 2.45) is 0 Å². The minimum atomic E-state index is -5.19. The molecule has 1 aromatic heterocycles. The molecule has 0 aromatic carbocycles. The molecule has 0 aliphatic heterocycles. The van der Waals surface area contributed by atoms with Crippen LogP contribution in [0.4, 0.5) is 13.2 Å². The molecule has 0 radical (unpaired) electrons. The maximum atomic E-state index is 10.5. The molecule has 0 saturated heterocycles. The van der Waals surface area contributed by atoms with Crippen LogP contribution >= 0.6 is 11.3 Å². The molecule has 0 aliphatic rings. The zero-order valence-electron chi connectivity index (χ0n) is 15.7. The highest BCUT2D eigenvalue weighted by molar-refractivity contribution is 7.07. The van der Waals surface area contributed by atoms with Crippen LogP contribution in [0.3, 0.4) is 0 Å². The van der Waals surface area contributed by atoms with Crippen molar-refractivity contribution in [3.05, 3.63) is 17.1 Å². The molecule has 0 unspecified atom stereocenters. The number of unbranched alkanes of at least 4 members (excludes halogenated alkanes) is 11. The molecule has 0 amide bonds. The Morgan fingerprint density at radius 3 is 1.69 bits per heavy atom. The normalized spacial score (nSPS) is 11.1. The first-order valence-electron chi connectivity index (χ1n) is 9.57. The first kappa shape index (κ1) is 24.9. The molecule has 1 heterocycles. The molecule has 1 rings (SSSR count). The number of aryl methyl sites for hydroxylation is 1. The van der Waals surface area contributed by atoms with E-state index in [1.54, 1.807) is 11.3 Å². The van der Waals surface area contributed by atoms with Crippen molar-refractivity contribution < 1.29 is 27.6 Å². The summed E-state index contributed by atoms with van der Waals surface area (Å²) >= 11 is 1.79. The Labute approximate surface area is 159 Å². The van der Waals surface area contributed by atoms with Crippen molar-refractivity contribution in [2.45, 2.75) is 96.7 Å². The standard InChI is InChI=1S/C17H32NS.C2HF3O2/c1-2-3-4-5-6-7-8-9-10-11-12-13-14-18-15-16-19-17-18;3-2(4,5)1(6)7/h15-17H,2-14H2,1H3;(H,6,7)/q+1;/p-1. The Hall–Kier alpha value is -1.11. The molecule has 0 atom stereocenters. The van der Waals surface area contributed by atoms with Crippen molar-refractivity contribution in [1.82, 2.24) is 0 Å². The van der Waals surface area contributed by atoms with Gasteiger partial charge < -0.3 is 9.90 Å². The zero-order chi connectivity index (χ0) is 19.7. The summed E-state index contributed by atoms with van der Waals surface area (Å²) in [5.41, 5.74) is 2.21. The number of nitrogens with zero attached hydrogens (tertiary/aromatic N) is 1. The van der Waals surface area contributed by atoms with Crippen LogP contribution < -0.4 is 9.67 Å². The van der Waals surface area contributed by atoms with Gasteiger partial charge in [-0.2, -0.15) is 17.7 Å². The lowest BCUT2D eigenvalue weighted by Gasteiger charge is -2.03. The summed E-state index contributed by atoms with van der Waals surface area (Å²) < 4.78 is 33.9. The van der Waals surface area contributed by atoms with Gasteiger partial charge in [-0.25, -0.2) is 0 Å². The highest BCUT2D eigenvalue weighted by Crippen LogP contribution is 2.12. The molecular weight excluding hydrogens is 363 g/mol. The maximum absolute atomic E-state index is 10.5. The predicted molar refractivity (Wildman–Crippen MR) is 96.7 cm³/mol. The second-order valence-electron chi connectivity index (χ2n) is 6.44. The minimum Gasteiger partial charge on any atom is -0.542 e. The van der Waals surface area contributed by atoms with E-state index in [9.17, 15) is 13.2 Å². The van der Waals surface area contributed by atoms with E-state index < -0.39 is 12.1 Å². The van der Waals surface area contributed by atoms with Crippen molar-refractivity contribution in [3.8, 4) is 0 Å². The Balaban J connectivity index is 0.000000758. The number of carbonyl (C=O) groups is 1. The molecule has 0 spiro atoms. The molecule has 3 nitrogen and oxygen atoms in total. The van der Waals surface area contributed by atoms with E-state index in [1.165, 1.54) is 83.6 Å². The second kappa shape index (κ2) is 16.1. The van der Waals surface area contributed by atoms with Crippen LogP contribution in [0.15, 0.2) is 17.1 Å². The molecule has 0 fully saturated rings. The number of carboxylic acids is 1. The van der Waals surface area contributed by atoms with Crippen LogP contribution in [-0.2, 0) is 11.3 Å². The van der Waals surface area contributed by atoms with Crippen molar-refractivity contribution in [3.63, 3.8) is 0 Å². The fraction of sp³-hybridized carbons (Fsp3) is 0.789. The summed E-state index contributed by atoms with van der Waals surface area (Å²) in [5, 5.41) is 10.9. The number of carboxylic acid groups (broad SMARTS) is 1. The fourth-order valence-electron chi connectivity index (χ4n) is 2.52. The van der Waals surface area contributed by atoms with E-state index in [0.29, 0.717) is 0 Å². The number of hydrogen-bond donors (Lipinski definition) is 0. The Kier molecular flexibility index (Phi) is 15.4. The Morgan fingerprint density at radius 2 is 1.35 bits per heavy atom. The molecule has 0 N–H and O–H groups in total. The molecule has 152 valence electrons. The molecule has 0 aliphatic carbocycles. The number of hydrogen-bond acceptors (Lipinski definition) is 3. The first-order valence-corrected chi connectivity index (χ1v) is 10.5. The predicted octanol–water partition coefficient (Wildman–Crippen LogP) is 5.04. The van der Waals surface area contributed by atoms with Gasteiger partial charge in [0.25, 0.3) is 0 Å². The number of thiazole rings is 1. The van der Waals surface area contributed by atoms with Crippen LogP contribution in [0.1, 0.15) is 84.0 Å². The molecule has 0 saturated carbocycles. The minimum absolute atomic E-state index is 1.21. The number of aliphatic carboxylic acids is 1. The molecular formula is C19H32F3NO2S. The fourth-order valence-corrected chi connectivity index (χ4v) is 3.15. The summed E-state index contributed by atoms with van der Waals surface area (Å²) in [6, 6.07) is 0. The molecule has 7 heteroatoms. The third kappa shape index (κ3) is 16.4. The number of carbonyl (C=O) groups excluding carboxylic acids is 1. The van der Waals surface area contributed by atoms with Crippen LogP contribution in [0.2, 0.25) is 0 Å². The van der Waals surface area contributed by atoms with E-state index in [2.05, 4.69) is 28.6 Å². The van der Waals surface area contributed by atoms with Gasteiger partial charge in [-0.3, -0.25) is 0 Å². The summed E-state index contributed by atoms with van der Waals surface area (Å²) in [5.74, 6) is -3.01. The number of rotatable bonds is 13. The lowest BCUT2D eigenvalue weighted by Crippen LogP contribution is -2.37. The van der Waals surface area contributed by atoms with Gasteiger partial charge in [-0.1, -0.05) is 82.5 Å². The third-order valence-corrected chi connectivity index (χ3v) is 4.70. The second-order valence-corrected chi connectivity index (χ2v) is 7.19. The molecule has 1 aromatic rings. The van der Waals surface area contributed by atoms with Gasteiger partial charge in [0.1, 0.15) is 12.5 Å². The van der Waals surface area contributed by atoms with Crippen molar-refractivity contribution in [1.29, 1.82) is 0 Å². The van der Waals surface area contributed by atoms with Crippen molar-refractivity contribution >= 4 is 17.3 Å². The molecule has 0 bridgehead atoms. The number of halogens is 3. The highest BCUT2D eigenvalue weighted by atomic mass is 32.1. The monoisotopic (exact) mass is 395 g/mol. The van der Waals surface area contributed by atoms with E-state index >= 15 is 0 Å². The van der Waals surface area contributed by atoms with Gasteiger partial charge in [-0.05, 0) is 6.42 Å². The SMILES string of the molecule is CCCCCCCCCCCCCC[n+]1ccsc1.O=C([O-])C(F)(F)F. The van der Waals surface area contributed by atoms with Crippen LogP contribution in [0.25, 0.3) is 0 Å². The summed E-state index contributed by atoms with van der Waals surface area (Å²) in [7, 11) is 0. The zero-order valence-corrected chi connectivity index (χ0v) is 16.5. The van der Waals surface area contributed by atoms with E-state index in [4.69, 9.17) is 9.90 Å². The van der Waals surface area contributed by atoms with E-state index in [0.717, 1.165) is 0 Å². The van der Waals surface area contributed by atoms with E-state index in [-0.39, 0.29) is 0 Å². The smallest absolute Gasteiger partial charge is 0.430 e. The number of alkyl halides is 3. The first-order chi connectivity index (χ1) is 12.4. The lowest BCUT2D eigenvalue weighted by atomic mass is 10.1. The Bertz CT molecular complexity index is 436. The summed E-state index contributed by atoms with van der Waals surface area (Å²) in [4.78, 5) is 8.78. The van der Waals surface area contributed by atoms with Gasteiger partial charge in [0.05, 0.1) is 5.38 Å². The maximum Gasteiger partial charge on any atom is 0.430 e. The number of aromatic nitrogens is 1. The van der Waals surface area contributed by atoms with Gasteiger partial charge in [-0.15, -0.1) is 0 Å². The van der Waals surface area contributed by atoms with Gasteiger partial charge >= 0.3 is 6.18 Å². The van der Waals surface area contributed by atoms with Gasteiger partial charge in [0.2, 0.25) is 5.51 Å². The quantitative estimate of drug-likeness (QED) is 0.347. The Morgan fingerprint density at radius 1 is 0.923 bits per heavy atom. The van der Waals surface area contributed by atoms with Gasteiger partial charge in [0, 0.05) is 6.42 Å². The topological polar surface area (TPSA) is 44.0 Å². The average molecular weight is 396 g/mol. The average Bonchev–Trinajstić information content (AvgIpc) is 3.09. The summed E-state index contributed by atoms with van der Waals surface area (Å²) in [6.45, 7) is 3.50. The third-order valence-electron chi connectivity index (χ3n) is 4.03. The highest BCUT2D eigenvalue weighted by Gasteiger charge is 2.28. The van der Waals surface area contributed by atoms with Crippen LogP contribution in [0.5, 0.6) is 0 Å². The van der Waals surface area contributed by atoms with Gasteiger partial charge in [0.15, 0.2) is 6.20 Å². The lowest BCUT2D eigenvalue weighted by molar-refractivity contribution is -0.692. The molecule has 26 heavy (non-hydrogen) atoms. The van der Waals surface area contributed by atoms with Crippen LogP contribution in [-0.4, -0.2) is 12.1 Å². The van der Waals surface area contributed by atoms with Crippen LogP contribution in [0, 0.1) is 0 Å². The van der Waals surface area contributed by atoms with E-state index in [1.807, 2.05) is 0 Å². The summed E-state index contributed by atoms with van der Waals surface area (Å²) in [6.07, 6.45) is 14.2. The van der Waals surface area contributed by atoms with Crippen molar-refractivity contribution in [2.75, 3.05) is 0 Å².